The molecule has 0 saturated carbocycles. The molecule has 0 saturated heterocycles. The van der Waals surface area contributed by atoms with Crippen molar-refractivity contribution >= 4 is 10.9 Å². The van der Waals surface area contributed by atoms with Crippen LogP contribution in [-0.2, 0) is 12.8 Å². The minimum absolute atomic E-state index is 0.654. The summed E-state index contributed by atoms with van der Waals surface area (Å²) in [6, 6.07) is 7.09. The number of hydrogen-bond donors (Lipinski definition) is 1. The van der Waals surface area contributed by atoms with Gasteiger partial charge in [0.25, 0.3) is 0 Å². The van der Waals surface area contributed by atoms with Gasteiger partial charge in [0, 0.05) is 22.6 Å². The highest BCUT2D eigenvalue weighted by molar-refractivity contribution is 5.86. The SMILES string of the molecule is CCCOc1ccc2[nH]c3c(c2c1)CC(N(C)C)CC3. The molecular formula is C17H24N2O. The summed E-state index contributed by atoms with van der Waals surface area (Å²) in [6.07, 6.45) is 4.58. The summed E-state index contributed by atoms with van der Waals surface area (Å²) >= 11 is 0. The molecule has 1 unspecified atom stereocenters. The Bertz CT molecular complexity index is 600. The van der Waals surface area contributed by atoms with E-state index in [1.54, 1.807) is 0 Å². The Kier molecular flexibility index (Phi) is 3.70. The fourth-order valence-corrected chi connectivity index (χ4v) is 3.13. The second-order valence-electron chi connectivity index (χ2n) is 6.00. The number of nitrogens with zero attached hydrogens (tertiary/aromatic N) is 1. The van der Waals surface area contributed by atoms with Gasteiger partial charge in [0.2, 0.25) is 0 Å². The van der Waals surface area contributed by atoms with Crippen molar-refractivity contribution < 1.29 is 4.74 Å². The van der Waals surface area contributed by atoms with E-state index in [0.717, 1.165) is 31.6 Å². The molecule has 1 heterocycles. The van der Waals surface area contributed by atoms with Crippen LogP contribution in [0, 0.1) is 0 Å². The molecular weight excluding hydrogens is 248 g/mol. The number of H-pyrrole nitrogens is 1. The Balaban J connectivity index is 1.96. The van der Waals surface area contributed by atoms with Crippen molar-refractivity contribution in [2.75, 3.05) is 20.7 Å². The van der Waals surface area contributed by atoms with Crippen LogP contribution in [0.1, 0.15) is 31.0 Å². The van der Waals surface area contributed by atoms with Crippen LogP contribution in [0.2, 0.25) is 0 Å². The molecule has 20 heavy (non-hydrogen) atoms. The van der Waals surface area contributed by atoms with E-state index in [9.17, 15) is 0 Å². The van der Waals surface area contributed by atoms with Crippen LogP contribution in [-0.4, -0.2) is 36.6 Å². The number of benzene rings is 1. The molecule has 0 spiro atoms. The molecule has 108 valence electrons. The molecule has 1 aliphatic carbocycles. The van der Waals surface area contributed by atoms with Crippen LogP contribution < -0.4 is 4.74 Å². The lowest BCUT2D eigenvalue weighted by atomic mass is 9.91. The van der Waals surface area contributed by atoms with E-state index in [1.807, 2.05) is 0 Å². The molecule has 3 nitrogen and oxygen atoms in total. The van der Waals surface area contributed by atoms with Gasteiger partial charge < -0.3 is 14.6 Å². The van der Waals surface area contributed by atoms with E-state index >= 15 is 0 Å². The van der Waals surface area contributed by atoms with Gasteiger partial charge >= 0.3 is 0 Å². The van der Waals surface area contributed by atoms with Gasteiger partial charge in [0.05, 0.1) is 6.61 Å². The first kappa shape index (κ1) is 13.5. The van der Waals surface area contributed by atoms with Crippen LogP contribution >= 0.6 is 0 Å². The highest BCUT2D eigenvalue weighted by atomic mass is 16.5. The van der Waals surface area contributed by atoms with E-state index in [1.165, 1.54) is 28.6 Å². The summed E-state index contributed by atoms with van der Waals surface area (Å²) in [5.74, 6) is 0.994. The minimum atomic E-state index is 0.654. The monoisotopic (exact) mass is 272 g/mol. The molecule has 3 heteroatoms. The molecule has 1 N–H and O–H groups in total. The average molecular weight is 272 g/mol. The van der Waals surface area contributed by atoms with Gasteiger partial charge in [-0.25, -0.2) is 0 Å². The zero-order valence-electron chi connectivity index (χ0n) is 12.7. The Morgan fingerprint density at radius 3 is 2.95 bits per heavy atom. The number of hydrogen-bond acceptors (Lipinski definition) is 2. The Morgan fingerprint density at radius 2 is 2.20 bits per heavy atom. The maximum atomic E-state index is 5.77. The Morgan fingerprint density at radius 1 is 1.35 bits per heavy atom. The molecule has 0 amide bonds. The zero-order chi connectivity index (χ0) is 14.1. The number of likely N-dealkylation sites (N-methyl/N-ethyl adjacent to an activating group) is 1. The molecule has 1 aromatic heterocycles. The number of aromatic amines is 1. The van der Waals surface area contributed by atoms with Crippen molar-refractivity contribution in [2.45, 2.75) is 38.6 Å². The second kappa shape index (κ2) is 5.49. The maximum absolute atomic E-state index is 5.77. The molecule has 0 bridgehead atoms. The quantitative estimate of drug-likeness (QED) is 0.924. The van der Waals surface area contributed by atoms with Crippen LogP contribution in [0.4, 0.5) is 0 Å². The highest BCUT2D eigenvalue weighted by Crippen LogP contribution is 2.32. The van der Waals surface area contributed by atoms with Gasteiger partial charge in [-0.2, -0.15) is 0 Å². The van der Waals surface area contributed by atoms with Crippen molar-refractivity contribution in [1.29, 1.82) is 0 Å². The van der Waals surface area contributed by atoms with Crippen LogP contribution in [0.15, 0.2) is 18.2 Å². The number of aryl methyl sites for hydroxylation is 1. The van der Waals surface area contributed by atoms with Crippen molar-refractivity contribution in [2.24, 2.45) is 0 Å². The minimum Gasteiger partial charge on any atom is -0.494 e. The number of aromatic nitrogens is 1. The standard InChI is InChI=1S/C17H24N2O/c1-4-9-20-13-6-8-17-15(11-13)14-10-12(19(2)3)5-7-16(14)18-17/h6,8,11-12,18H,4-5,7,9-10H2,1-3H3. The van der Waals surface area contributed by atoms with Crippen LogP contribution in [0.5, 0.6) is 5.75 Å². The maximum Gasteiger partial charge on any atom is 0.120 e. The topological polar surface area (TPSA) is 28.3 Å². The highest BCUT2D eigenvalue weighted by Gasteiger charge is 2.23. The lowest BCUT2D eigenvalue weighted by Gasteiger charge is -2.28. The number of fused-ring (bicyclic) bond motifs is 3. The Labute approximate surface area is 120 Å². The van der Waals surface area contributed by atoms with Crippen LogP contribution in [0.25, 0.3) is 10.9 Å². The zero-order valence-corrected chi connectivity index (χ0v) is 12.7. The molecule has 3 rings (SSSR count). The van der Waals surface area contributed by atoms with Gasteiger partial charge in [-0.15, -0.1) is 0 Å². The average Bonchev–Trinajstić information content (AvgIpc) is 2.82. The van der Waals surface area contributed by atoms with Gasteiger partial charge in [-0.1, -0.05) is 6.92 Å². The number of nitrogens with one attached hydrogen (secondary N) is 1. The van der Waals surface area contributed by atoms with Crippen molar-refractivity contribution in [3.63, 3.8) is 0 Å². The molecule has 0 fully saturated rings. The number of ether oxygens (including phenoxy) is 1. The predicted molar refractivity (Wildman–Crippen MR) is 83.6 cm³/mol. The first-order valence-electron chi connectivity index (χ1n) is 7.61. The lowest BCUT2D eigenvalue weighted by Crippen LogP contribution is -2.33. The van der Waals surface area contributed by atoms with E-state index < -0.39 is 0 Å². The fourth-order valence-electron chi connectivity index (χ4n) is 3.13. The molecule has 0 radical (unpaired) electrons. The Hall–Kier alpha value is -1.48. The van der Waals surface area contributed by atoms with Gasteiger partial charge in [-0.05, 0) is 63.5 Å². The predicted octanol–water partition coefficient (Wildman–Crippen LogP) is 3.38. The first-order valence-corrected chi connectivity index (χ1v) is 7.61. The molecule has 1 aliphatic rings. The molecule has 2 aromatic rings. The van der Waals surface area contributed by atoms with Gasteiger partial charge in [0.1, 0.15) is 5.75 Å². The largest absolute Gasteiger partial charge is 0.494 e. The summed E-state index contributed by atoms with van der Waals surface area (Å²) in [7, 11) is 4.36. The van der Waals surface area contributed by atoms with Crippen molar-refractivity contribution in [3.8, 4) is 5.75 Å². The summed E-state index contributed by atoms with van der Waals surface area (Å²) in [5, 5.41) is 1.35. The molecule has 0 aliphatic heterocycles. The van der Waals surface area contributed by atoms with E-state index in [-0.39, 0.29) is 0 Å². The number of rotatable bonds is 4. The summed E-state index contributed by atoms with van der Waals surface area (Å²) < 4.78 is 5.77. The molecule has 1 aromatic carbocycles. The fraction of sp³-hybridized carbons (Fsp3) is 0.529. The van der Waals surface area contributed by atoms with Gasteiger partial charge in [-0.3, -0.25) is 0 Å². The van der Waals surface area contributed by atoms with E-state index in [2.05, 4.69) is 49.1 Å². The summed E-state index contributed by atoms with van der Waals surface area (Å²) in [5.41, 5.74) is 4.16. The normalized spacial score (nSPS) is 18.5. The van der Waals surface area contributed by atoms with E-state index in [4.69, 9.17) is 4.74 Å². The summed E-state index contributed by atoms with van der Waals surface area (Å²) in [4.78, 5) is 5.93. The summed E-state index contributed by atoms with van der Waals surface area (Å²) in [6.45, 7) is 2.93. The van der Waals surface area contributed by atoms with Crippen LogP contribution in [0.3, 0.4) is 0 Å². The second-order valence-corrected chi connectivity index (χ2v) is 6.00. The third-order valence-electron chi connectivity index (χ3n) is 4.34. The molecule has 1 atom stereocenters. The smallest absolute Gasteiger partial charge is 0.120 e. The third kappa shape index (κ3) is 2.42. The van der Waals surface area contributed by atoms with Crippen molar-refractivity contribution in [1.82, 2.24) is 9.88 Å². The van der Waals surface area contributed by atoms with Crippen molar-refractivity contribution in [3.05, 3.63) is 29.5 Å². The first-order chi connectivity index (χ1) is 9.69. The van der Waals surface area contributed by atoms with Gasteiger partial charge in [0.15, 0.2) is 0 Å². The third-order valence-corrected chi connectivity index (χ3v) is 4.34. The lowest BCUT2D eigenvalue weighted by molar-refractivity contribution is 0.268. The van der Waals surface area contributed by atoms with E-state index in [0.29, 0.717) is 6.04 Å².